The molecule has 0 unspecified atom stereocenters. The SMILES string of the molecule is CC(C)CSCCO[C]=O. The summed E-state index contributed by atoms with van der Waals surface area (Å²) in [5.74, 6) is 2.72. The van der Waals surface area contributed by atoms with Gasteiger partial charge >= 0.3 is 6.47 Å². The summed E-state index contributed by atoms with van der Waals surface area (Å²) in [5.41, 5.74) is 0. The molecule has 0 bridgehead atoms. The molecule has 10 heavy (non-hydrogen) atoms. The molecule has 0 N–H and O–H groups in total. The number of ether oxygens (including phenoxy) is 1. The molecule has 0 saturated heterocycles. The van der Waals surface area contributed by atoms with Crippen molar-refractivity contribution in [3.05, 3.63) is 0 Å². The van der Waals surface area contributed by atoms with Crippen molar-refractivity contribution in [2.75, 3.05) is 18.1 Å². The van der Waals surface area contributed by atoms with E-state index >= 15 is 0 Å². The number of carbonyl (C=O) groups excluding carboxylic acids is 1. The lowest BCUT2D eigenvalue weighted by molar-refractivity contribution is 0.299. The van der Waals surface area contributed by atoms with Crippen LogP contribution in [0.3, 0.4) is 0 Å². The van der Waals surface area contributed by atoms with Crippen LogP contribution in [0.2, 0.25) is 0 Å². The molecule has 0 rings (SSSR count). The summed E-state index contributed by atoms with van der Waals surface area (Å²) in [6.07, 6.45) is 0. The smallest absolute Gasteiger partial charge is 0.417 e. The second kappa shape index (κ2) is 6.93. The first-order chi connectivity index (χ1) is 4.77. The van der Waals surface area contributed by atoms with Crippen LogP contribution >= 0.6 is 11.8 Å². The second-order valence-corrected chi connectivity index (χ2v) is 3.55. The molecule has 0 aromatic rings. The number of hydrogen-bond acceptors (Lipinski definition) is 3. The van der Waals surface area contributed by atoms with Crippen LogP contribution in [0.1, 0.15) is 13.8 Å². The Morgan fingerprint density at radius 2 is 2.30 bits per heavy atom. The molecule has 0 saturated carbocycles. The fraction of sp³-hybridized carbons (Fsp3) is 0.857. The van der Waals surface area contributed by atoms with E-state index in [0.29, 0.717) is 12.5 Å². The maximum Gasteiger partial charge on any atom is 0.417 e. The molecule has 0 aromatic carbocycles. The summed E-state index contributed by atoms with van der Waals surface area (Å²) in [5, 5.41) is 0. The molecule has 0 atom stereocenters. The summed E-state index contributed by atoms with van der Waals surface area (Å²) in [4.78, 5) is 9.55. The molecule has 1 radical (unpaired) electrons. The van der Waals surface area contributed by atoms with Gasteiger partial charge in [0.05, 0.1) is 0 Å². The van der Waals surface area contributed by atoms with Crippen LogP contribution in [0.4, 0.5) is 0 Å². The zero-order chi connectivity index (χ0) is 7.82. The van der Waals surface area contributed by atoms with E-state index in [1.54, 1.807) is 11.8 Å². The zero-order valence-electron chi connectivity index (χ0n) is 6.42. The van der Waals surface area contributed by atoms with Gasteiger partial charge in [-0.05, 0) is 11.7 Å². The van der Waals surface area contributed by atoms with Gasteiger partial charge in [-0.2, -0.15) is 11.8 Å². The lowest BCUT2D eigenvalue weighted by atomic mass is 10.3. The lowest BCUT2D eigenvalue weighted by Crippen LogP contribution is -1.98. The minimum Gasteiger partial charge on any atom is -0.456 e. The molecular formula is C7H13O2S. The molecule has 0 aliphatic rings. The van der Waals surface area contributed by atoms with Crippen molar-refractivity contribution in [3.8, 4) is 0 Å². The van der Waals surface area contributed by atoms with Crippen molar-refractivity contribution in [2.45, 2.75) is 13.8 Å². The van der Waals surface area contributed by atoms with Crippen LogP contribution in [0.25, 0.3) is 0 Å². The average Bonchev–Trinajstić information content (AvgIpc) is 1.87. The number of hydrogen-bond donors (Lipinski definition) is 0. The number of thioether (sulfide) groups is 1. The van der Waals surface area contributed by atoms with E-state index in [0.717, 1.165) is 11.5 Å². The maximum atomic E-state index is 9.55. The fourth-order valence-electron chi connectivity index (χ4n) is 0.461. The van der Waals surface area contributed by atoms with Crippen molar-refractivity contribution < 1.29 is 9.53 Å². The minimum absolute atomic E-state index is 0.487. The van der Waals surface area contributed by atoms with E-state index in [9.17, 15) is 4.79 Å². The van der Waals surface area contributed by atoms with Crippen LogP contribution in [-0.2, 0) is 9.53 Å². The monoisotopic (exact) mass is 161 g/mol. The molecule has 0 amide bonds. The van der Waals surface area contributed by atoms with E-state index in [2.05, 4.69) is 18.6 Å². The Hall–Kier alpha value is -0.180. The first-order valence-corrected chi connectivity index (χ1v) is 4.49. The van der Waals surface area contributed by atoms with Crippen LogP contribution in [0.5, 0.6) is 0 Å². The molecule has 0 heterocycles. The van der Waals surface area contributed by atoms with Gasteiger partial charge in [-0.3, -0.25) is 0 Å². The Labute approximate surface area is 66.3 Å². The van der Waals surface area contributed by atoms with Gasteiger partial charge in [0.15, 0.2) is 0 Å². The van der Waals surface area contributed by atoms with Crippen molar-refractivity contribution in [2.24, 2.45) is 5.92 Å². The van der Waals surface area contributed by atoms with E-state index in [4.69, 9.17) is 0 Å². The number of rotatable bonds is 6. The highest BCUT2D eigenvalue weighted by molar-refractivity contribution is 7.99. The summed E-state index contributed by atoms with van der Waals surface area (Å²) >= 11 is 1.80. The normalized spacial score (nSPS) is 9.90. The van der Waals surface area contributed by atoms with Gasteiger partial charge in [-0.25, -0.2) is 4.79 Å². The molecule has 0 aromatic heterocycles. The second-order valence-electron chi connectivity index (χ2n) is 2.40. The molecule has 2 nitrogen and oxygen atoms in total. The third kappa shape index (κ3) is 7.82. The molecular weight excluding hydrogens is 148 g/mol. The summed E-state index contributed by atoms with van der Waals surface area (Å²) in [6, 6.07) is 0. The van der Waals surface area contributed by atoms with Crippen LogP contribution < -0.4 is 0 Å². The third-order valence-electron chi connectivity index (χ3n) is 0.840. The van der Waals surface area contributed by atoms with Gasteiger partial charge in [-0.1, -0.05) is 13.8 Å². The van der Waals surface area contributed by atoms with Crippen LogP contribution in [-0.4, -0.2) is 24.6 Å². The van der Waals surface area contributed by atoms with Gasteiger partial charge in [-0.15, -0.1) is 0 Å². The predicted octanol–water partition coefficient (Wildman–Crippen LogP) is 1.46. The van der Waals surface area contributed by atoms with E-state index in [1.807, 2.05) is 0 Å². The first-order valence-electron chi connectivity index (χ1n) is 3.34. The van der Waals surface area contributed by atoms with Crippen LogP contribution in [0, 0.1) is 5.92 Å². The Bertz CT molecular complexity index is 83.7. The highest BCUT2D eigenvalue weighted by atomic mass is 32.2. The molecule has 59 valence electrons. The Morgan fingerprint density at radius 3 is 2.80 bits per heavy atom. The molecule has 0 aliphatic carbocycles. The molecule has 0 fully saturated rings. The fourth-order valence-corrected chi connectivity index (χ4v) is 1.30. The van der Waals surface area contributed by atoms with Crippen LogP contribution in [0.15, 0.2) is 0 Å². The topological polar surface area (TPSA) is 26.3 Å². The van der Waals surface area contributed by atoms with Crippen molar-refractivity contribution in [1.29, 1.82) is 0 Å². The van der Waals surface area contributed by atoms with Gasteiger partial charge in [0.25, 0.3) is 0 Å². The molecule has 0 spiro atoms. The Morgan fingerprint density at radius 1 is 1.60 bits per heavy atom. The third-order valence-corrected chi connectivity index (χ3v) is 2.20. The largest absolute Gasteiger partial charge is 0.456 e. The highest BCUT2D eigenvalue weighted by Gasteiger charge is 1.93. The summed E-state index contributed by atoms with van der Waals surface area (Å²) in [6.45, 7) is 6.21. The van der Waals surface area contributed by atoms with E-state index in [-0.39, 0.29) is 0 Å². The Balaban J connectivity index is 2.83. The van der Waals surface area contributed by atoms with Crippen molar-refractivity contribution in [3.63, 3.8) is 0 Å². The first kappa shape index (κ1) is 9.82. The van der Waals surface area contributed by atoms with E-state index in [1.165, 1.54) is 6.47 Å². The standard InChI is InChI=1S/C7H13O2S/c1-7(2)5-10-4-3-9-6-8/h7H,3-5H2,1-2H3. The Kier molecular flexibility index (Phi) is 6.81. The van der Waals surface area contributed by atoms with Crippen molar-refractivity contribution >= 4 is 18.2 Å². The lowest BCUT2D eigenvalue weighted by Gasteiger charge is -2.02. The predicted molar refractivity (Wildman–Crippen MR) is 43.8 cm³/mol. The quantitative estimate of drug-likeness (QED) is 0.552. The molecule has 0 aliphatic heterocycles. The van der Waals surface area contributed by atoms with Gasteiger partial charge in [0, 0.05) is 5.75 Å². The van der Waals surface area contributed by atoms with Gasteiger partial charge < -0.3 is 4.74 Å². The molecule has 3 heteroatoms. The highest BCUT2D eigenvalue weighted by Crippen LogP contribution is 2.06. The van der Waals surface area contributed by atoms with Gasteiger partial charge in [0.2, 0.25) is 0 Å². The van der Waals surface area contributed by atoms with Gasteiger partial charge in [0.1, 0.15) is 6.61 Å². The van der Waals surface area contributed by atoms with E-state index < -0.39 is 0 Å². The van der Waals surface area contributed by atoms with Crippen molar-refractivity contribution in [1.82, 2.24) is 0 Å². The summed E-state index contributed by atoms with van der Waals surface area (Å²) < 4.78 is 4.39. The zero-order valence-corrected chi connectivity index (χ0v) is 7.24. The maximum absolute atomic E-state index is 9.55. The summed E-state index contributed by atoms with van der Waals surface area (Å²) in [7, 11) is 0. The minimum atomic E-state index is 0.487. The average molecular weight is 161 g/mol.